The molecule has 0 aromatic carbocycles. The van der Waals surface area contributed by atoms with Crippen LogP contribution in [0.3, 0.4) is 0 Å². The van der Waals surface area contributed by atoms with Gasteiger partial charge in [-0.1, -0.05) is 6.92 Å². The van der Waals surface area contributed by atoms with E-state index < -0.39 is 5.54 Å². The average Bonchev–Trinajstić information content (AvgIpc) is 3.03. The van der Waals surface area contributed by atoms with Crippen LogP contribution in [0.4, 0.5) is 0 Å². The molecular weight excluding hydrogens is 266 g/mol. The number of rotatable bonds is 6. The Balaban J connectivity index is 2.17. The van der Waals surface area contributed by atoms with Gasteiger partial charge in [0.25, 0.3) is 0 Å². The molecule has 1 heterocycles. The van der Waals surface area contributed by atoms with E-state index in [1.54, 1.807) is 0 Å². The van der Waals surface area contributed by atoms with Crippen LogP contribution >= 0.6 is 0 Å². The molecule has 1 aromatic heterocycles. The minimum atomic E-state index is -0.526. The van der Waals surface area contributed by atoms with Crippen LogP contribution in [0.2, 0.25) is 0 Å². The number of esters is 1. The first-order valence-corrected chi connectivity index (χ1v) is 7.96. The van der Waals surface area contributed by atoms with Crippen LogP contribution < -0.4 is 5.32 Å². The van der Waals surface area contributed by atoms with Gasteiger partial charge in [-0.3, -0.25) is 4.79 Å². The van der Waals surface area contributed by atoms with Crippen molar-refractivity contribution in [2.45, 2.75) is 65.0 Å². The zero-order valence-electron chi connectivity index (χ0n) is 13.6. The Kier molecular flexibility index (Phi) is 5.04. The van der Waals surface area contributed by atoms with Crippen LogP contribution in [0.15, 0.2) is 6.33 Å². The van der Waals surface area contributed by atoms with Crippen molar-refractivity contribution >= 4 is 5.97 Å². The summed E-state index contributed by atoms with van der Waals surface area (Å²) in [5.41, 5.74) is 1.72. The van der Waals surface area contributed by atoms with Crippen LogP contribution in [-0.4, -0.2) is 34.2 Å². The maximum atomic E-state index is 12.4. The van der Waals surface area contributed by atoms with Crippen molar-refractivity contribution in [2.24, 2.45) is 0 Å². The van der Waals surface area contributed by atoms with Crippen LogP contribution in [-0.2, 0) is 9.53 Å². The van der Waals surface area contributed by atoms with Gasteiger partial charge in [-0.2, -0.15) is 0 Å². The molecule has 2 unspecified atom stereocenters. The highest BCUT2D eigenvalue weighted by Gasteiger charge is 2.46. The van der Waals surface area contributed by atoms with Crippen LogP contribution in [0, 0.1) is 13.8 Å². The summed E-state index contributed by atoms with van der Waals surface area (Å²) in [5, 5.41) is 3.45. The molecule has 118 valence electrons. The van der Waals surface area contributed by atoms with Crippen LogP contribution in [0.1, 0.15) is 57.0 Å². The number of carbonyl (C=O) groups excluding carboxylic acids is 1. The first-order valence-electron chi connectivity index (χ1n) is 7.96. The van der Waals surface area contributed by atoms with Gasteiger partial charge in [-0.05, 0) is 53.0 Å². The summed E-state index contributed by atoms with van der Waals surface area (Å²) in [7, 11) is 0. The Morgan fingerprint density at radius 3 is 2.86 bits per heavy atom. The summed E-state index contributed by atoms with van der Waals surface area (Å²) in [6, 6.07) is 0.319. The second-order valence-corrected chi connectivity index (χ2v) is 5.95. The number of nitrogens with one attached hydrogen (secondary N) is 1. The van der Waals surface area contributed by atoms with Gasteiger partial charge < -0.3 is 14.6 Å². The van der Waals surface area contributed by atoms with Crippen molar-refractivity contribution in [1.29, 1.82) is 0 Å². The number of aromatic nitrogens is 2. The number of hydrogen-bond donors (Lipinski definition) is 1. The standard InChI is InChI=1S/C16H27N3O2/c1-5-9-18-16(15(20)21-6-2)8-7-14(10-16)19-11-17-12(3)13(19)4/h11,14,18H,5-10H2,1-4H3. The van der Waals surface area contributed by atoms with Crippen LogP contribution in [0.25, 0.3) is 0 Å². The zero-order valence-corrected chi connectivity index (χ0v) is 13.6. The van der Waals surface area contributed by atoms with E-state index in [1.165, 1.54) is 5.69 Å². The second-order valence-electron chi connectivity index (χ2n) is 5.95. The first-order chi connectivity index (χ1) is 10.0. The zero-order chi connectivity index (χ0) is 15.5. The Morgan fingerprint density at radius 1 is 1.52 bits per heavy atom. The van der Waals surface area contributed by atoms with E-state index >= 15 is 0 Å². The molecule has 0 aliphatic heterocycles. The Morgan fingerprint density at radius 2 is 2.29 bits per heavy atom. The minimum absolute atomic E-state index is 0.101. The van der Waals surface area contributed by atoms with E-state index in [2.05, 4.69) is 28.7 Å². The molecule has 0 bridgehead atoms. The van der Waals surface area contributed by atoms with Gasteiger partial charge in [0, 0.05) is 11.7 Å². The Bertz CT molecular complexity index is 498. The monoisotopic (exact) mass is 293 g/mol. The maximum absolute atomic E-state index is 12.4. The number of ether oxygens (including phenoxy) is 1. The lowest BCUT2D eigenvalue weighted by molar-refractivity contribution is -0.151. The fourth-order valence-electron chi connectivity index (χ4n) is 3.19. The van der Waals surface area contributed by atoms with Crippen molar-refractivity contribution < 1.29 is 9.53 Å². The van der Waals surface area contributed by atoms with Gasteiger partial charge in [0.2, 0.25) is 0 Å². The number of carbonyl (C=O) groups is 1. The van der Waals surface area contributed by atoms with Gasteiger partial charge in [0.15, 0.2) is 0 Å². The third kappa shape index (κ3) is 3.12. The average molecular weight is 293 g/mol. The van der Waals surface area contributed by atoms with Crippen molar-refractivity contribution in [3.63, 3.8) is 0 Å². The summed E-state index contributed by atoms with van der Waals surface area (Å²) in [5.74, 6) is -0.101. The van der Waals surface area contributed by atoms with E-state index in [0.29, 0.717) is 12.6 Å². The van der Waals surface area contributed by atoms with Gasteiger partial charge in [-0.15, -0.1) is 0 Å². The molecule has 5 nitrogen and oxygen atoms in total. The smallest absolute Gasteiger partial charge is 0.326 e. The number of hydrogen-bond acceptors (Lipinski definition) is 4. The molecule has 1 aliphatic carbocycles. The molecule has 21 heavy (non-hydrogen) atoms. The molecule has 1 N–H and O–H groups in total. The predicted molar refractivity (Wildman–Crippen MR) is 82.2 cm³/mol. The highest BCUT2D eigenvalue weighted by Crippen LogP contribution is 2.39. The summed E-state index contributed by atoms with van der Waals surface area (Å²) in [6.45, 7) is 9.36. The molecule has 0 saturated heterocycles. The quantitative estimate of drug-likeness (QED) is 0.819. The lowest BCUT2D eigenvalue weighted by Crippen LogP contribution is -2.51. The lowest BCUT2D eigenvalue weighted by Gasteiger charge is -2.28. The first kappa shape index (κ1) is 16.0. The summed E-state index contributed by atoms with van der Waals surface area (Å²) in [4.78, 5) is 16.8. The normalized spacial score (nSPS) is 25.2. The third-order valence-corrected chi connectivity index (χ3v) is 4.55. The number of nitrogens with zero attached hydrogens (tertiary/aromatic N) is 2. The summed E-state index contributed by atoms with van der Waals surface area (Å²) < 4.78 is 7.53. The molecule has 2 rings (SSSR count). The van der Waals surface area contributed by atoms with Crippen molar-refractivity contribution in [1.82, 2.24) is 14.9 Å². The van der Waals surface area contributed by atoms with Gasteiger partial charge in [-0.25, -0.2) is 4.98 Å². The topological polar surface area (TPSA) is 56.1 Å². The second kappa shape index (κ2) is 6.60. The molecule has 5 heteroatoms. The maximum Gasteiger partial charge on any atom is 0.326 e. The minimum Gasteiger partial charge on any atom is -0.465 e. The molecular formula is C16H27N3O2. The molecule has 1 aliphatic rings. The highest BCUT2D eigenvalue weighted by molar-refractivity contribution is 5.81. The molecule has 0 radical (unpaired) electrons. The van der Waals surface area contributed by atoms with Crippen molar-refractivity contribution in [3.05, 3.63) is 17.7 Å². The van der Waals surface area contributed by atoms with Crippen LogP contribution in [0.5, 0.6) is 0 Å². The molecule has 0 amide bonds. The van der Waals surface area contributed by atoms with Gasteiger partial charge in [0.1, 0.15) is 5.54 Å². The SMILES string of the molecule is CCCNC1(C(=O)OCC)CCC(n2cnc(C)c2C)C1. The predicted octanol–water partition coefficient (Wildman–Crippen LogP) is 2.53. The Hall–Kier alpha value is -1.36. The highest BCUT2D eigenvalue weighted by atomic mass is 16.5. The Labute approximate surface area is 127 Å². The van der Waals surface area contributed by atoms with E-state index in [9.17, 15) is 4.79 Å². The third-order valence-electron chi connectivity index (χ3n) is 4.55. The van der Waals surface area contributed by atoms with Crippen molar-refractivity contribution in [3.8, 4) is 0 Å². The largest absolute Gasteiger partial charge is 0.465 e. The van der Waals surface area contributed by atoms with Crippen molar-refractivity contribution in [2.75, 3.05) is 13.2 Å². The molecule has 2 atom stereocenters. The summed E-state index contributed by atoms with van der Waals surface area (Å²) >= 11 is 0. The molecule has 1 fully saturated rings. The van der Waals surface area contributed by atoms with E-state index in [0.717, 1.165) is 37.9 Å². The number of imidazole rings is 1. The lowest BCUT2D eigenvalue weighted by atomic mass is 9.97. The molecule has 1 saturated carbocycles. The fraction of sp³-hybridized carbons (Fsp3) is 0.750. The summed E-state index contributed by atoms with van der Waals surface area (Å²) in [6.07, 6.45) is 5.49. The fourth-order valence-corrected chi connectivity index (χ4v) is 3.19. The van der Waals surface area contributed by atoms with Gasteiger partial charge >= 0.3 is 5.97 Å². The van der Waals surface area contributed by atoms with Gasteiger partial charge in [0.05, 0.1) is 18.6 Å². The van der Waals surface area contributed by atoms with E-state index in [-0.39, 0.29) is 5.97 Å². The number of aryl methyl sites for hydroxylation is 1. The van der Waals surface area contributed by atoms with E-state index in [1.807, 2.05) is 20.2 Å². The molecule has 1 aromatic rings. The molecule has 0 spiro atoms. The van der Waals surface area contributed by atoms with E-state index in [4.69, 9.17) is 4.74 Å².